The maximum atomic E-state index is 11.8. The SMILES string of the molecule is CC(C)n1nnc2c(OC(=O)N(C)C)nc(N(C)C)nc21. The highest BCUT2D eigenvalue weighted by molar-refractivity contribution is 5.81. The van der Waals surface area contributed by atoms with Gasteiger partial charge in [0.05, 0.1) is 6.04 Å². The van der Waals surface area contributed by atoms with Crippen LogP contribution in [0.3, 0.4) is 0 Å². The first-order chi connectivity index (χ1) is 9.81. The number of hydrogen-bond acceptors (Lipinski definition) is 7. The molecule has 9 nitrogen and oxygen atoms in total. The number of anilines is 1. The smallest absolute Gasteiger partial charge is 0.388 e. The van der Waals surface area contributed by atoms with Gasteiger partial charge in [0.2, 0.25) is 5.95 Å². The second-order valence-corrected chi connectivity index (χ2v) is 5.29. The highest BCUT2D eigenvalue weighted by Crippen LogP contribution is 2.24. The minimum absolute atomic E-state index is 0.0808. The summed E-state index contributed by atoms with van der Waals surface area (Å²) in [5.74, 6) is 0.530. The second kappa shape index (κ2) is 5.51. The first-order valence-electron chi connectivity index (χ1n) is 6.50. The molecule has 2 aromatic rings. The molecule has 2 heterocycles. The molecule has 2 rings (SSSR count). The average Bonchev–Trinajstić information content (AvgIpc) is 2.82. The van der Waals surface area contributed by atoms with Gasteiger partial charge in [-0.2, -0.15) is 9.97 Å². The van der Waals surface area contributed by atoms with Gasteiger partial charge in [-0.1, -0.05) is 5.21 Å². The molecule has 2 aromatic heterocycles. The molecule has 0 bridgehead atoms. The molecule has 0 saturated carbocycles. The van der Waals surface area contributed by atoms with E-state index in [4.69, 9.17) is 4.74 Å². The Hall–Kier alpha value is -2.45. The average molecular weight is 293 g/mol. The van der Waals surface area contributed by atoms with Crippen molar-refractivity contribution in [2.24, 2.45) is 0 Å². The van der Waals surface area contributed by atoms with Gasteiger partial charge in [0, 0.05) is 28.2 Å². The highest BCUT2D eigenvalue weighted by atomic mass is 16.6. The largest absolute Gasteiger partial charge is 0.416 e. The fourth-order valence-electron chi connectivity index (χ4n) is 1.59. The Balaban J connectivity index is 2.60. The first kappa shape index (κ1) is 14.9. The van der Waals surface area contributed by atoms with E-state index in [-0.39, 0.29) is 11.9 Å². The number of hydrogen-bond donors (Lipinski definition) is 0. The molecule has 114 valence electrons. The molecule has 0 aliphatic heterocycles. The number of fused-ring (bicyclic) bond motifs is 1. The monoisotopic (exact) mass is 293 g/mol. The molecular formula is C12H19N7O2. The van der Waals surface area contributed by atoms with Crippen molar-refractivity contribution >= 4 is 23.2 Å². The van der Waals surface area contributed by atoms with E-state index >= 15 is 0 Å². The number of rotatable bonds is 3. The van der Waals surface area contributed by atoms with Crippen LogP contribution in [-0.2, 0) is 0 Å². The van der Waals surface area contributed by atoms with Crippen LogP contribution in [0.5, 0.6) is 5.88 Å². The Kier molecular flexibility index (Phi) is 3.92. The lowest BCUT2D eigenvalue weighted by molar-refractivity contribution is 0.170. The van der Waals surface area contributed by atoms with Crippen LogP contribution in [0.25, 0.3) is 11.2 Å². The summed E-state index contributed by atoms with van der Waals surface area (Å²) in [6.45, 7) is 3.94. The summed E-state index contributed by atoms with van der Waals surface area (Å²) in [6, 6.07) is 0.0808. The molecule has 1 amide bonds. The van der Waals surface area contributed by atoms with Crippen molar-refractivity contribution in [2.45, 2.75) is 19.9 Å². The van der Waals surface area contributed by atoms with Crippen molar-refractivity contribution in [1.29, 1.82) is 0 Å². The van der Waals surface area contributed by atoms with Crippen LogP contribution in [0.1, 0.15) is 19.9 Å². The van der Waals surface area contributed by atoms with Crippen LogP contribution in [0.2, 0.25) is 0 Å². The minimum Gasteiger partial charge on any atom is -0.388 e. The Labute approximate surface area is 122 Å². The van der Waals surface area contributed by atoms with Crippen LogP contribution in [0, 0.1) is 0 Å². The van der Waals surface area contributed by atoms with E-state index in [1.807, 2.05) is 27.9 Å². The van der Waals surface area contributed by atoms with Crippen molar-refractivity contribution in [3.63, 3.8) is 0 Å². The van der Waals surface area contributed by atoms with Crippen molar-refractivity contribution in [3.8, 4) is 5.88 Å². The van der Waals surface area contributed by atoms with E-state index in [0.717, 1.165) is 0 Å². The fourth-order valence-corrected chi connectivity index (χ4v) is 1.59. The number of amides is 1. The number of carbonyl (C=O) groups is 1. The van der Waals surface area contributed by atoms with Gasteiger partial charge in [-0.05, 0) is 13.8 Å². The lowest BCUT2D eigenvalue weighted by atomic mass is 10.4. The fraction of sp³-hybridized carbons (Fsp3) is 0.583. The van der Waals surface area contributed by atoms with Gasteiger partial charge < -0.3 is 14.5 Å². The van der Waals surface area contributed by atoms with Gasteiger partial charge in [-0.3, -0.25) is 0 Å². The molecule has 0 N–H and O–H groups in total. The molecule has 9 heteroatoms. The Morgan fingerprint density at radius 2 is 1.86 bits per heavy atom. The summed E-state index contributed by atoms with van der Waals surface area (Å²) in [5, 5.41) is 8.08. The van der Waals surface area contributed by atoms with Crippen molar-refractivity contribution in [3.05, 3.63) is 0 Å². The molecule has 0 radical (unpaired) electrons. The predicted octanol–water partition coefficient (Wildman–Crippen LogP) is 0.929. The summed E-state index contributed by atoms with van der Waals surface area (Å²) in [7, 11) is 6.81. The lowest BCUT2D eigenvalue weighted by Crippen LogP contribution is -2.26. The van der Waals surface area contributed by atoms with Gasteiger partial charge in [-0.15, -0.1) is 5.10 Å². The van der Waals surface area contributed by atoms with Crippen LogP contribution >= 0.6 is 0 Å². The molecule has 0 atom stereocenters. The quantitative estimate of drug-likeness (QED) is 0.831. The summed E-state index contributed by atoms with van der Waals surface area (Å²) >= 11 is 0. The summed E-state index contributed by atoms with van der Waals surface area (Å²) in [6.07, 6.45) is -0.529. The predicted molar refractivity (Wildman–Crippen MR) is 77.5 cm³/mol. The van der Waals surface area contributed by atoms with Gasteiger partial charge in [-0.25, -0.2) is 9.48 Å². The van der Waals surface area contributed by atoms with Crippen LogP contribution in [0.4, 0.5) is 10.7 Å². The topological polar surface area (TPSA) is 89.3 Å². The zero-order valence-electron chi connectivity index (χ0n) is 13.0. The molecule has 0 fully saturated rings. The Morgan fingerprint density at radius 1 is 1.19 bits per heavy atom. The summed E-state index contributed by atoms with van der Waals surface area (Å²) < 4.78 is 6.93. The molecular weight excluding hydrogens is 274 g/mol. The first-order valence-corrected chi connectivity index (χ1v) is 6.50. The van der Waals surface area contributed by atoms with Gasteiger partial charge in [0.15, 0.2) is 11.2 Å². The molecule has 0 aliphatic carbocycles. The summed E-state index contributed by atoms with van der Waals surface area (Å²) in [5.41, 5.74) is 0.898. The van der Waals surface area contributed by atoms with Gasteiger partial charge in [0.25, 0.3) is 5.88 Å². The third-order valence-corrected chi connectivity index (χ3v) is 2.72. The van der Waals surface area contributed by atoms with E-state index < -0.39 is 6.09 Å². The molecule has 0 unspecified atom stereocenters. The van der Waals surface area contributed by atoms with Crippen molar-refractivity contribution < 1.29 is 9.53 Å². The molecule has 0 aliphatic rings. The van der Waals surface area contributed by atoms with E-state index in [1.165, 1.54) is 4.90 Å². The van der Waals surface area contributed by atoms with Gasteiger partial charge >= 0.3 is 6.09 Å². The van der Waals surface area contributed by atoms with Crippen LogP contribution < -0.4 is 9.64 Å². The molecule has 0 aromatic carbocycles. The highest BCUT2D eigenvalue weighted by Gasteiger charge is 2.20. The third kappa shape index (κ3) is 2.86. The zero-order chi connectivity index (χ0) is 15.7. The van der Waals surface area contributed by atoms with E-state index in [2.05, 4.69) is 20.3 Å². The maximum Gasteiger partial charge on any atom is 0.416 e. The lowest BCUT2D eigenvalue weighted by Gasteiger charge is -2.14. The normalized spacial score (nSPS) is 11.0. The Morgan fingerprint density at radius 3 is 2.38 bits per heavy atom. The van der Waals surface area contributed by atoms with E-state index in [9.17, 15) is 4.79 Å². The van der Waals surface area contributed by atoms with Crippen molar-refractivity contribution in [2.75, 3.05) is 33.1 Å². The number of ether oxygens (including phenoxy) is 1. The standard InChI is InChI=1S/C12H19N7O2/c1-7(2)19-9-8(15-16-19)10(21-12(20)18(5)6)14-11(13-9)17(3)4/h7H,1-6H3. The number of carbonyl (C=O) groups excluding carboxylic acids is 1. The van der Waals surface area contributed by atoms with E-state index in [1.54, 1.807) is 23.7 Å². The third-order valence-electron chi connectivity index (χ3n) is 2.72. The second-order valence-electron chi connectivity index (χ2n) is 5.29. The van der Waals surface area contributed by atoms with Gasteiger partial charge in [0.1, 0.15) is 0 Å². The van der Waals surface area contributed by atoms with Crippen LogP contribution in [0.15, 0.2) is 0 Å². The minimum atomic E-state index is -0.529. The summed E-state index contributed by atoms with van der Waals surface area (Å²) in [4.78, 5) is 23.4. The zero-order valence-corrected chi connectivity index (χ0v) is 13.0. The van der Waals surface area contributed by atoms with E-state index in [0.29, 0.717) is 17.1 Å². The van der Waals surface area contributed by atoms with Crippen LogP contribution in [-0.4, -0.2) is 64.1 Å². The van der Waals surface area contributed by atoms with Crippen molar-refractivity contribution in [1.82, 2.24) is 29.9 Å². The number of aromatic nitrogens is 5. The maximum absolute atomic E-state index is 11.8. The number of nitrogens with zero attached hydrogens (tertiary/aromatic N) is 7. The molecule has 21 heavy (non-hydrogen) atoms. The Bertz CT molecular complexity index is 663. The molecule has 0 spiro atoms. The molecule has 0 saturated heterocycles.